The van der Waals surface area contributed by atoms with Crippen LogP contribution in [-0.4, -0.2) is 103 Å². The molecule has 5 unspecified atom stereocenters. The Morgan fingerprint density at radius 1 is 0.900 bits per heavy atom. The minimum Gasteiger partial charge on any atom is -0.506 e. The highest BCUT2D eigenvalue weighted by Gasteiger charge is 2.52. The number of fused-ring (bicyclic) bond motifs is 1. The van der Waals surface area contributed by atoms with E-state index in [0.29, 0.717) is 31.9 Å². The van der Waals surface area contributed by atoms with Crippen LogP contribution in [0, 0.1) is 17.7 Å². The van der Waals surface area contributed by atoms with Crippen molar-refractivity contribution in [1.82, 2.24) is 9.80 Å². The van der Waals surface area contributed by atoms with Crippen LogP contribution in [0.1, 0.15) is 12.8 Å². The average molecular weight is 578 g/mol. The van der Waals surface area contributed by atoms with Gasteiger partial charge in [-0.2, -0.15) is 8.42 Å². The van der Waals surface area contributed by atoms with Gasteiger partial charge in [-0.05, 0) is 37.1 Å². The van der Waals surface area contributed by atoms with Gasteiger partial charge in [-0.3, -0.25) is 23.6 Å². The van der Waals surface area contributed by atoms with Gasteiger partial charge < -0.3 is 20.2 Å². The predicted molar refractivity (Wildman–Crippen MR) is 140 cm³/mol. The third-order valence-corrected chi connectivity index (χ3v) is 9.26. The summed E-state index contributed by atoms with van der Waals surface area (Å²) in [5.41, 5.74) is 0.361. The smallest absolute Gasteiger partial charge is 0.297 e. The maximum absolute atomic E-state index is 13.7. The molecule has 1 saturated carbocycles. The third-order valence-electron chi connectivity index (χ3n) is 7.88. The van der Waals surface area contributed by atoms with Crippen LogP contribution in [0.4, 0.5) is 10.1 Å². The first kappa shape index (κ1) is 28.4. The largest absolute Gasteiger partial charge is 0.506 e. The highest BCUT2D eigenvalue weighted by atomic mass is 32.2. The first-order valence-electron chi connectivity index (χ1n) is 13.2. The number of hydrogen-bond acceptors (Lipinski definition) is 10. The van der Waals surface area contributed by atoms with Crippen LogP contribution in [0.2, 0.25) is 0 Å². The fourth-order valence-corrected chi connectivity index (χ4v) is 6.83. The van der Waals surface area contributed by atoms with E-state index in [2.05, 4.69) is 0 Å². The minimum absolute atomic E-state index is 0.0460. The number of halogens is 1. The molecule has 0 radical (unpaired) electrons. The summed E-state index contributed by atoms with van der Waals surface area (Å²) in [6.07, 6.45) is -3.41. The Morgan fingerprint density at radius 2 is 1.50 bits per heavy atom. The Labute approximate surface area is 231 Å². The van der Waals surface area contributed by atoms with Crippen LogP contribution in [0.25, 0.3) is 0 Å². The molecule has 1 aliphatic carbocycles. The van der Waals surface area contributed by atoms with Gasteiger partial charge in [-0.25, -0.2) is 4.39 Å². The number of phenolic OH excluding ortho intramolecular Hbond substituents is 1. The Kier molecular flexibility index (Phi) is 8.11. The van der Waals surface area contributed by atoms with Crippen molar-refractivity contribution >= 4 is 27.6 Å². The average Bonchev–Trinajstić information content (AvgIpc) is 3.15. The van der Waals surface area contributed by atoms with Gasteiger partial charge in [0.1, 0.15) is 17.7 Å². The fourth-order valence-electron chi connectivity index (χ4n) is 5.75. The van der Waals surface area contributed by atoms with Crippen molar-refractivity contribution in [3.63, 3.8) is 0 Å². The number of hydrogen-bond donors (Lipinski definition) is 3. The van der Waals surface area contributed by atoms with E-state index in [4.69, 9.17) is 4.18 Å². The molecular weight excluding hydrogens is 545 g/mol. The molecule has 2 heterocycles. The van der Waals surface area contributed by atoms with Crippen molar-refractivity contribution in [2.75, 3.05) is 44.2 Å². The number of aliphatic hydroxyl groups is 2. The van der Waals surface area contributed by atoms with Crippen molar-refractivity contribution in [1.29, 1.82) is 0 Å². The van der Waals surface area contributed by atoms with Crippen LogP contribution in [0.3, 0.4) is 0 Å². The molecule has 216 valence electrons. The number of carbonyl (C=O) groups is 2. The van der Waals surface area contributed by atoms with Gasteiger partial charge in [0.15, 0.2) is 0 Å². The number of likely N-dealkylation sites (tertiary alicyclic amines) is 1. The zero-order valence-electron chi connectivity index (χ0n) is 21.7. The second-order valence-corrected chi connectivity index (χ2v) is 12.1. The molecule has 2 aromatic carbocycles. The van der Waals surface area contributed by atoms with Gasteiger partial charge in [-0.15, -0.1) is 0 Å². The quantitative estimate of drug-likeness (QED) is 0.300. The van der Waals surface area contributed by atoms with Gasteiger partial charge in [0.05, 0.1) is 41.2 Å². The standard InChI is InChI=1S/C27H32FN3O8S/c28-17-6-7-23(32)22(12-17)30-10-8-29(9-11-30)15-18(39-40(37,38)19-4-2-1-3-5-19)16-31-26(35)20-13-24(33)25(34)14-21(20)27(31)36/h1-7,12,18,20-21,24-25,32-34H,8-11,13-16H2. The molecule has 40 heavy (non-hydrogen) atoms. The Bertz CT molecular complexity index is 1320. The Hall–Kier alpha value is -3.10. The molecule has 13 heteroatoms. The van der Waals surface area contributed by atoms with Crippen LogP contribution in [0.5, 0.6) is 5.75 Å². The lowest BCUT2D eigenvalue weighted by Gasteiger charge is -2.38. The minimum atomic E-state index is -4.24. The summed E-state index contributed by atoms with van der Waals surface area (Å²) in [6, 6.07) is 11.3. The van der Waals surface area contributed by atoms with Gasteiger partial charge in [0.25, 0.3) is 10.1 Å². The second kappa shape index (κ2) is 11.4. The van der Waals surface area contributed by atoms with Crippen LogP contribution in [-0.2, 0) is 23.9 Å². The third kappa shape index (κ3) is 5.84. The number of phenols is 1. The van der Waals surface area contributed by atoms with Crippen LogP contribution in [0.15, 0.2) is 53.4 Å². The maximum Gasteiger partial charge on any atom is 0.297 e. The van der Waals surface area contributed by atoms with Crippen molar-refractivity contribution in [3.8, 4) is 5.75 Å². The van der Waals surface area contributed by atoms with E-state index in [9.17, 15) is 37.7 Å². The topological polar surface area (TPSA) is 148 Å². The van der Waals surface area contributed by atoms with E-state index in [-0.39, 0.29) is 36.6 Å². The molecule has 2 aliphatic heterocycles. The van der Waals surface area contributed by atoms with E-state index in [0.717, 1.165) is 4.90 Å². The number of aromatic hydroxyl groups is 1. The first-order chi connectivity index (χ1) is 19.0. The molecule has 3 aliphatic rings. The number of imide groups is 1. The molecule has 2 amide bonds. The zero-order chi connectivity index (χ0) is 28.6. The first-order valence-corrected chi connectivity index (χ1v) is 14.6. The number of piperazine rings is 1. The number of anilines is 1. The van der Waals surface area contributed by atoms with E-state index in [1.807, 2.05) is 9.80 Å². The molecule has 0 aromatic heterocycles. The Morgan fingerprint density at radius 3 is 2.10 bits per heavy atom. The number of amides is 2. The van der Waals surface area contributed by atoms with E-state index in [1.54, 1.807) is 18.2 Å². The summed E-state index contributed by atoms with van der Waals surface area (Å²) in [6.45, 7) is 1.44. The van der Waals surface area contributed by atoms with E-state index >= 15 is 0 Å². The van der Waals surface area contributed by atoms with Crippen molar-refractivity contribution in [2.45, 2.75) is 36.0 Å². The lowest BCUT2D eigenvalue weighted by atomic mass is 9.78. The molecular formula is C27H32FN3O8S. The highest BCUT2D eigenvalue weighted by molar-refractivity contribution is 7.86. The van der Waals surface area contributed by atoms with Crippen LogP contribution < -0.4 is 4.90 Å². The molecule has 3 fully saturated rings. The second-order valence-electron chi connectivity index (χ2n) is 10.5. The SMILES string of the molecule is O=C1C2CC(O)C(O)CC2C(=O)N1CC(CN1CCN(c2cc(F)ccc2O)CC1)OS(=O)(=O)c1ccccc1. The van der Waals surface area contributed by atoms with Gasteiger partial charge in [0, 0.05) is 38.8 Å². The normalized spacial score (nSPS) is 26.7. The maximum atomic E-state index is 13.7. The van der Waals surface area contributed by atoms with E-state index < -0.39 is 57.9 Å². The zero-order valence-corrected chi connectivity index (χ0v) is 22.5. The monoisotopic (exact) mass is 577 g/mol. The summed E-state index contributed by atoms with van der Waals surface area (Å²) < 4.78 is 45.6. The molecule has 0 bridgehead atoms. The summed E-state index contributed by atoms with van der Waals surface area (Å²) in [7, 11) is -4.24. The molecule has 11 nitrogen and oxygen atoms in total. The van der Waals surface area contributed by atoms with Gasteiger partial charge >= 0.3 is 0 Å². The van der Waals surface area contributed by atoms with E-state index in [1.165, 1.54) is 30.3 Å². The summed E-state index contributed by atoms with van der Waals surface area (Å²) in [5.74, 6) is -3.11. The van der Waals surface area contributed by atoms with Gasteiger partial charge in [0.2, 0.25) is 11.8 Å². The molecule has 5 rings (SSSR count). The molecule has 2 saturated heterocycles. The fraction of sp³-hybridized carbons (Fsp3) is 0.481. The molecule has 2 aromatic rings. The van der Waals surface area contributed by atoms with Crippen molar-refractivity contribution < 1.29 is 41.9 Å². The lowest BCUT2D eigenvalue weighted by molar-refractivity contribution is -0.141. The number of aliphatic hydroxyl groups excluding tert-OH is 2. The predicted octanol–water partition coefficient (Wildman–Crippen LogP) is 0.544. The number of nitrogens with zero attached hydrogens (tertiary/aromatic N) is 3. The molecule has 0 spiro atoms. The van der Waals surface area contributed by atoms with Crippen molar-refractivity contribution in [2.24, 2.45) is 11.8 Å². The Balaban J connectivity index is 1.32. The summed E-state index contributed by atoms with van der Waals surface area (Å²) >= 11 is 0. The number of carbonyl (C=O) groups excluding carboxylic acids is 2. The van der Waals surface area contributed by atoms with Gasteiger partial charge in [-0.1, -0.05) is 18.2 Å². The highest BCUT2D eigenvalue weighted by Crippen LogP contribution is 2.39. The number of rotatable bonds is 8. The summed E-state index contributed by atoms with van der Waals surface area (Å²) in [5, 5.41) is 30.2. The summed E-state index contributed by atoms with van der Waals surface area (Å²) in [4.78, 5) is 31.0. The molecule has 5 atom stereocenters. The van der Waals surface area contributed by atoms with Crippen LogP contribution >= 0.6 is 0 Å². The number of benzene rings is 2. The van der Waals surface area contributed by atoms with Crippen molar-refractivity contribution in [3.05, 3.63) is 54.3 Å². The lowest BCUT2D eigenvalue weighted by Crippen LogP contribution is -2.51. The molecule has 3 N–H and O–H groups in total.